The molecule has 3 aromatic rings. The monoisotopic (exact) mass is 353 g/mol. The molecule has 0 bridgehead atoms. The van der Waals surface area contributed by atoms with Gasteiger partial charge in [0.2, 0.25) is 0 Å². The Hall–Kier alpha value is -2.72. The van der Waals surface area contributed by atoms with Crippen molar-refractivity contribution >= 4 is 23.3 Å². The van der Waals surface area contributed by atoms with Crippen LogP contribution in [0.15, 0.2) is 66.9 Å². The molecule has 0 spiro atoms. The van der Waals surface area contributed by atoms with Gasteiger partial charge in [0.15, 0.2) is 0 Å². The average Bonchev–Trinajstić information content (AvgIpc) is 3.02. The molecule has 0 fully saturated rings. The highest BCUT2D eigenvalue weighted by atomic mass is 35.5. The summed E-state index contributed by atoms with van der Waals surface area (Å²) in [5.74, 6) is 0. The van der Waals surface area contributed by atoms with E-state index < -0.39 is 0 Å². The van der Waals surface area contributed by atoms with Crippen LogP contribution in [0, 0.1) is 6.92 Å². The Morgan fingerprint density at radius 2 is 1.88 bits per heavy atom. The molecule has 2 N–H and O–H groups in total. The van der Waals surface area contributed by atoms with Gasteiger partial charge in [-0.1, -0.05) is 41.4 Å². The minimum atomic E-state index is -0.245. The topological polar surface area (TPSA) is 46.1 Å². The van der Waals surface area contributed by atoms with Crippen LogP contribution in [0.2, 0.25) is 5.02 Å². The Labute approximate surface area is 152 Å². The van der Waals surface area contributed by atoms with Crippen molar-refractivity contribution in [2.45, 2.75) is 20.0 Å². The third-order valence-electron chi connectivity index (χ3n) is 3.89. The summed E-state index contributed by atoms with van der Waals surface area (Å²) >= 11 is 5.84. The van der Waals surface area contributed by atoms with E-state index >= 15 is 0 Å². The van der Waals surface area contributed by atoms with Gasteiger partial charge < -0.3 is 15.2 Å². The lowest BCUT2D eigenvalue weighted by Gasteiger charge is -2.12. The first kappa shape index (κ1) is 17.1. The number of halogens is 1. The Bertz CT molecular complexity index is 855. The second-order valence-corrected chi connectivity index (χ2v) is 6.37. The fourth-order valence-corrected chi connectivity index (χ4v) is 2.78. The van der Waals surface area contributed by atoms with E-state index in [0.29, 0.717) is 17.3 Å². The first-order chi connectivity index (χ1) is 12.1. The molecule has 0 aliphatic carbocycles. The zero-order valence-electron chi connectivity index (χ0n) is 14.0. The van der Waals surface area contributed by atoms with E-state index in [4.69, 9.17) is 11.6 Å². The molecule has 4 nitrogen and oxygen atoms in total. The van der Waals surface area contributed by atoms with Crippen LogP contribution in [-0.4, -0.2) is 10.6 Å². The highest BCUT2D eigenvalue weighted by Gasteiger charge is 2.06. The summed E-state index contributed by atoms with van der Waals surface area (Å²) in [7, 11) is 0. The Morgan fingerprint density at radius 1 is 1.08 bits per heavy atom. The summed E-state index contributed by atoms with van der Waals surface area (Å²) in [5.41, 5.74) is 4.24. The van der Waals surface area contributed by atoms with E-state index in [9.17, 15) is 4.79 Å². The molecule has 2 amide bonds. The maximum Gasteiger partial charge on any atom is 0.319 e. The molecule has 0 atom stereocenters. The number of benzene rings is 2. The van der Waals surface area contributed by atoms with Crippen molar-refractivity contribution in [3.05, 3.63) is 88.7 Å². The van der Waals surface area contributed by atoms with E-state index in [1.165, 1.54) is 11.1 Å². The number of aryl methyl sites for hydroxylation is 1. The highest BCUT2D eigenvalue weighted by molar-refractivity contribution is 6.30. The molecule has 0 radical (unpaired) electrons. The van der Waals surface area contributed by atoms with Gasteiger partial charge in [0, 0.05) is 29.1 Å². The van der Waals surface area contributed by atoms with E-state index in [1.807, 2.05) is 18.3 Å². The minimum Gasteiger partial charge on any atom is -0.345 e. The third-order valence-corrected chi connectivity index (χ3v) is 4.14. The standard InChI is InChI=1S/C20H20ClN3O/c1-15-4-2-5-16(12-15)14-24-11-3-6-19(24)13-22-20(25)23-18-9-7-17(21)8-10-18/h2-12H,13-14H2,1H3,(H2,22,23,25). The van der Waals surface area contributed by atoms with Gasteiger partial charge in [-0.15, -0.1) is 0 Å². The number of aromatic nitrogens is 1. The summed E-state index contributed by atoms with van der Waals surface area (Å²) < 4.78 is 2.14. The van der Waals surface area contributed by atoms with E-state index in [2.05, 4.69) is 46.4 Å². The van der Waals surface area contributed by atoms with Crippen LogP contribution < -0.4 is 10.6 Å². The summed E-state index contributed by atoms with van der Waals surface area (Å²) in [6.45, 7) is 3.32. The van der Waals surface area contributed by atoms with Gasteiger partial charge in [-0.25, -0.2) is 4.79 Å². The van der Waals surface area contributed by atoms with E-state index in [1.54, 1.807) is 24.3 Å². The molecule has 0 saturated carbocycles. The molecule has 0 unspecified atom stereocenters. The van der Waals surface area contributed by atoms with Crippen LogP contribution >= 0.6 is 11.6 Å². The maximum absolute atomic E-state index is 12.0. The Balaban J connectivity index is 1.57. The molecule has 2 aromatic carbocycles. The lowest BCUT2D eigenvalue weighted by molar-refractivity contribution is 0.251. The number of hydrogen-bond donors (Lipinski definition) is 2. The highest BCUT2D eigenvalue weighted by Crippen LogP contribution is 2.13. The van der Waals surface area contributed by atoms with Crippen LogP contribution in [0.3, 0.4) is 0 Å². The number of carbonyl (C=O) groups excluding carboxylic acids is 1. The van der Waals surface area contributed by atoms with Crippen molar-refractivity contribution < 1.29 is 4.79 Å². The summed E-state index contributed by atoms with van der Waals surface area (Å²) in [5, 5.41) is 6.31. The fourth-order valence-electron chi connectivity index (χ4n) is 2.65. The van der Waals surface area contributed by atoms with Gasteiger partial charge in [0.1, 0.15) is 0 Å². The third kappa shape index (κ3) is 4.88. The number of nitrogens with one attached hydrogen (secondary N) is 2. The first-order valence-electron chi connectivity index (χ1n) is 8.10. The maximum atomic E-state index is 12.0. The molecule has 1 heterocycles. The van der Waals surface area contributed by atoms with Gasteiger partial charge in [0.25, 0.3) is 0 Å². The van der Waals surface area contributed by atoms with E-state index in [0.717, 1.165) is 12.2 Å². The predicted molar refractivity (Wildman–Crippen MR) is 102 cm³/mol. The molecule has 25 heavy (non-hydrogen) atoms. The van der Waals surface area contributed by atoms with Crippen LogP contribution in [0.1, 0.15) is 16.8 Å². The molecule has 0 saturated heterocycles. The Morgan fingerprint density at radius 3 is 2.64 bits per heavy atom. The lowest BCUT2D eigenvalue weighted by atomic mass is 10.1. The number of rotatable bonds is 5. The van der Waals surface area contributed by atoms with E-state index in [-0.39, 0.29) is 6.03 Å². The van der Waals surface area contributed by atoms with Crippen LogP contribution in [-0.2, 0) is 13.1 Å². The minimum absolute atomic E-state index is 0.245. The Kier molecular flexibility index (Phi) is 5.41. The van der Waals surface area contributed by atoms with Gasteiger partial charge >= 0.3 is 6.03 Å². The normalized spacial score (nSPS) is 10.5. The van der Waals surface area contributed by atoms with Crippen LogP contribution in [0.4, 0.5) is 10.5 Å². The summed E-state index contributed by atoms with van der Waals surface area (Å²) in [6.07, 6.45) is 2.02. The molecular formula is C20H20ClN3O. The molecule has 0 aliphatic heterocycles. The molecule has 3 rings (SSSR count). The number of hydrogen-bond acceptors (Lipinski definition) is 1. The second kappa shape index (κ2) is 7.90. The van der Waals surface area contributed by atoms with Gasteiger partial charge in [0.05, 0.1) is 6.54 Å². The molecule has 1 aromatic heterocycles. The molecule has 128 valence electrons. The fraction of sp³-hybridized carbons (Fsp3) is 0.150. The summed E-state index contributed by atoms with van der Waals surface area (Å²) in [6, 6.07) is 19.2. The van der Waals surface area contributed by atoms with Gasteiger partial charge in [-0.3, -0.25) is 0 Å². The van der Waals surface area contributed by atoms with Crippen molar-refractivity contribution in [3.8, 4) is 0 Å². The average molecular weight is 354 g/mol. The van der Waals surface area contributed by atoms with Crippen molar-refractivity contribution in [1.82, 2.24) is 9.88 Å². The number of urea groups is 1. The number of amides is 2. The smallest absolute Gasteiger partial charge is 0.319 e. The van der Waals surface area contributed by atoms with Crippen molar-refractivity contribution in [1.29, 1.82) is 0 Å². The summed E-state index contributed by atoms with van der Waals surface area (Å²) in [4.78, 5) is 12.0. The molecular weight excluding hydrogens is 334 g/mol. The van der Waals surface area contributed by atoms with Gasteiger partial charge in [-0.2, -0.15) is 0 Å². The zero-order valence-corrected chi connectivity index (χ0v) is 14.8. The first-order valence-corrected chi connectivity index (χ1v) is 8.48. The van der Waals surface area contributed by atoms with Crippen LogP contribution in [0.25, 0.3) is 0 Å². The van der Waals surface area contributed by atoms with Crippen molar-refractivity contribution in [2.24, 2.45) is 0 Å². The van der Waals surface area contributed by atoms with Gasteiger partial charge in [-0.05, 0) is 48.9 Å². The quantitative estimate of drug-likeness (QED) is 0.678. The van der Waals surface area contributed by atoms with Crippen LogP contribution in [0.5, 0.6) is 0 Å². The number of carbonyl (C=O) groups is 1. The number of nitrogens with zero attached hydrogens (tertiary/aromatic N) is 1. The molecule has 0 aliphatic rings. The van der Waals surface area contributed by atoms with Crippen molar-refractivity contribution in [3.63, 3.8) is 0 Å². The zero-order chi connectivity index (χ0) is 17.6. The molecule has 5 heteroatoms. The number of anilines is 1. The largest absolute Gasteiger partial charge is 0.345 e. The van der Waals surface area contributed by atoms with Crippen molar-refractivity contribution in [2.75, 3.05) is 5.32 Å². The lowest BCUT2D eigenvalue weighted by Crippen LogP contribution is -2.29. The SMILES string of the molecule is Cc1cccc(Cn2cccc2CNC(=O)Nc2ccc(Cl)cc2)c1. The predicted octanol–water partition coefficient (Wildman–Crippen LogP) is 4.82. The second-order valence-electron chi connectivity index (χ2n) is 5.93.